The zero-order chi connectivity index (χ0) is 16.6. The molecule has 1 saturated carbocycles. The van der Waals surface area contributed by atoms with E-state index >= 15 is 0 Å². The molecule has 1 aliphatic carbocycles. The Morgan fingerprint density at radius 3 is 2.33 bits per heavy atom. The number of hydrogen-bond donors (Lipinski definition) is 0. The zero-order valence-electron chi connectivity index (χ0n) is 14.2. The monoisotopic (exact) mass is 322 g/mol. The first-order valence-electron chi connectivity index (χ1n) is 9.06. The molecule has 2 nitrogen and oxygen atoms in total. The van der Waals surface area contributed by atoms with Crippen LogP contribution in [0.3, 0.4) is 0 Å². The maximum Gasteiger partial charge on any atom is 0.133 e. The molecule has 0 N–H and O–H groups in total. The van der Waals surface area contributed by atoms with Crippen LogP contribution in [-0.4, -0.2) is 12.4 Å². The maximum absolute atomic E-state index is 12.1. The number of hydrogen-bond acceptors (Lipinski definition) is 2. The molecule has 1 fully saturated rings. The number of benzene rings is 2. The normalized spacial score (nSPS) is 20.8. The SMILES string of the molecule is O=C1CC(CCCCOc2ccccc2)CC(c2ccccc2)C1. The Hall–Kier alpha value is -2.09. The van der Waals surface area contributed by atoms with E-state index in [2.05, 4.69) is 24.3 Å². The predicted octanol–water partition coefficient (Wildman–Crippen LogP) is 5.39. The molecule has 0 radical (unpaired) electrons. The van der Waals surface area contributed by atoms with Crippen LogP contribution >= 0.6 is 0 Å². The van der Waals surface area contributed by atoms with Gasteiger partial charge in [-0.05, 0) is 55.2 Å². The number of carbonyl (C=O) groups is 1. The van der Waals surface area contributed by atoms with Crippen molar-refractivity contribution in [2.45, 2.75) is 44.4 Å². The number of rotatable bonds is 7. The molecular formula is C22H26O2. The van der Waals surface area contributed by atoms with Crippen LogP contribution in [0.1, 0.15) is 50.0 Å². The summed E-state index contributed by atoms with van der Waals surface area (Å²) in [6.45, 7) is 0.757. The van der Waals surface area contributed by atoms with Crippen molar-refractivity contribution < 1.29 is 9.53 Å². The lowest BCUT2D eigenvalue weighted by Gasteiger charge is -2.28. The van der Waals surface area contributed by atoms with Crippen molar-refractivity contribution in [1.82, 2.24) is 0 Å². The molecule has 3 rings (SSSR count). The molecule has 0 aliphatic heterocycles. The first-order chi connectivity index (χ1) is 11.8. The second kappa shape index (κ2) is 8.68. The molecule has 0 saturated heterocycles. The predicted molar refractivity (Wildman–Crippen MR) is 97.3 cm³/mol. The summed E-state index contributed by atoms with van der Waals surface area (Å²) in [5.74, 6) is 2.32. The van der Waals surface area contributed by atoms with Crippen molar-refractivity contribution in [3.05, 3.63) is 66.2 Å². The second-order valence-electron chi connectivity index (χ2n) is 6.81. The highest BCUT2D eigenvalue weighted by Gasteiger charge is 2.27. The van der Waals surface area contributed by atoms with Gasteiger partial charge in [-0.15, -0.1) is 0 Å². The van der Waals surface area contributed by atoms with Crippen LogP contribution in [0.4, 0.5) is 0 Å². The average Bonchev–Trinajstić information content (AvgIpc) is 2.63. The van der Waals surface area contributed by atoms with Crippen LogP contribution in [0, 0.1) is 5.92 Å². The number of para-hydroxylation sites is 1. The standard InChI is InChI=1S/C22H26O2/c23-21-16-18(15-20(17-21)19-10-3-1-4-11-19)9-7-8-14-24-22-12-5-2-6-13-22/h1-6,10-13,18,20H,7-9,14-17H2. The van der Waals surface area contributed by atoms with E-state index in [4.69, 9.17) is 4.74 Å². The third-order valence-electron chi connectivity index (χ3n) is 4.90. The van der Waals surface area contributed by atoms with Gasteiger partial charge in [0.15, 0.2) is 0 Å². The van der Waals surface area contributed by atoms with Gasteiger partial charge in [0.1, 0.15) is 11.5 Å². The van der Waals surface area contributed by atoms with Crippen LogP contribution < -0.4 is 4.74 Å². The van der Waals surface area contributed by atoms with Gasteiger partial charge >= 0.3 is 0 Å². The van der Waals surface area contributed by atoms with Crippen LogP contribution in [0.25, 0.3) is 0 Å². The van der Waals surface area contributed by atoms with E-state index in [9.17, 15) is 4.79 Å². The summed E-state index contributed by atoms with van der Waals surface area (Å²) in [6, 6.07) is 20.5. The summed E-state index contributed by atoms with van der Waals surface area (Å²) in [7, 11) is 0. The molecule has 2 atom stereocenters. The van der Waals surface area contributed by atoms with Gasteiger partial charge in [0.05, 0.1) is 6.61 Å². The van der Waals surface area contributed by atoms with E-state index in [0.717, 1.165) is 50.9 Å². The lowest BCUT2D eigenvalue weighted by atomic mass is 9.75. The first-order valence-corrected chi connectivity index (χ1v) is 9.06. The fourth-order valence-corrected chi connectivity index (χ4v) is 3.69. The third kappa shape index (κ3) is 4.95. The molecular weight excluding hydrogens is 296 g/mol. The number of unbranched alkanes of at least 4 members (excludes halogenated alkanes) is 1. The minimum absolute atomic E-state index is 0.415. The first kappa shape index (κ1) is 16.8. The Morgan fingerprint density at radius 1 is 0.875 bits per heavy atom. The van der Waals surface area contributed by atoms with Crippen molar-refractivity contribution >= 4 is 5.78 Å². The molecule has 0 amide bonds. The van der Waals surface area contributed by atoms with Gasteiger partial charge < -0.3 is 4.74 Å². The average molecular weight is 322 g/mol. The quantitative estimate of drug-likeness (QED) is 0.639. The summed E-state index contributed by atoms with van der Waals surface area (Å²) in [6.07, 6.45) is 5.95. The molecule has 0 heterocycles. The van der Waals surface area contributed by atoms with Crippen molar-refractivity contribution in [1.29, 1.82) is 0 Å². The highest BCUT2D eigenvalue weighted by Crippen LogP contribution is 2.36. The van der Waals surface area contributed by atoms with E-state index in [0.29, 0.717) is 17.6 Å². The van der Waals surface area contributed by atoms with E-state index in [1.54, 1.807) is 0 Å². The molecule has 24 heavy (non-hydrogen) atoms. The number of ketones is 1. The molecule has 0 aromatic heterocycles. The molecule has 0 bridgehead atoms. The smallest absolute Gasteiger partial charge is 0.133 e. The largest absolute Gasteiger partial charge is 0.494 e. The lowest BCUT2D eigenvalue weighted by molar-refractivity contribution is -0.122. The van der Waals surface area contributed by atoms with Gasteiger partial charge in [0.2, 0.25) is 0 Å². The molecule has 1 aliphatic rings. The van der Waals surface area contributed by atoms with Crippen molar-refractivity contribution in [3.8, 4) is 5.75 Å². The molecule has 2 heteroatoms. The highest BCUT2D eigenvalue weighted by molar-refractivity contribution is 5.80. The van der Waals surface area contributed by atoms with Crippen molar-refractivity contribution in [3.63, 3.8) is 0 Å². The van der Waals surface area contributed by atoms with Crippen molar-refractivity contribution in [2.75, 3.05) is 6.61 Å². The number of Topliss-reactive ketones (excluding diaryl/α,β-unsaturated/α-hetero) is 1. The summed E-state index contributed by atoms with van der Waals surface area (Å²) in [4.78, 5) is 12.1. The van der Waals surface area contributed by atoms with Crippen LogP contribution in [0.15, 0.2) is 60.7 Å². The van der Waals surface area contributed by atoms with Gasteiger partial charge in [0, 0.05) is 12.8 Å². The minimum atomic E-state index is 0.415. The summed E-state index contributed by atoms with van der Waals surface area (Å²) in [5, 5.41) is 0. The van der Waals surface area contributed by atoms with Crippen LogP contribution in [-0.2, 0) is 4.79 Å². The van der Waals surface area contributed by atoms with Gasteiger partial charge in [-0.3, -0.25) is 4.79 Å². The number of carbonyl (C=O) groups excluding carboxylic acids is 1. The third-order valence-corrected chi connectivity index (χ3v) is 4.90. The maximum atomic E-state index is 12.1. The van der Waals surface area contributed by atoms with Crippen LogP contribution in [0.2, 0.25) is 0 Å². The molecule has 2 aromatic carbocycles. The molecule has 126 valence electrons. The van der Waals surface area contributed by atoms with E-state index in [1.165, 1.54) is 5.56 Å². The summed E-state index contributed by atoms with van der Waals surface area (Å²) >= 11 is 0. The topological polar surface area (TPSA) is 26.3 Å². The molecule has 0 spiro atoms. The minimum Gasteiger partial charge on any atom is -0.494 e. The number of ether oxygens (including phenoxy) is 1. The summed E-state index contributed by atoms with van der Waals surface area (Å²) < 4.78 is 5.74. The summed E-state index contributed by atoms with van der Waals surface area (Å²) in [5.41, 5.74) is 1.32. The van der Waals surface area contributed by atoms with Gasteiger partial charge in [0.25, 0.3) is 0 Å². The lowest BCUT2D eigenvalue weighted by Crippen LogP contribution is -2.21. The van der Waals surface area contributed by atoms with E-state index < -0.39 is 0 Å². The fourth-order valence-electron chi connectivity index (χ4n) is 3.69. The highest BCUT2D eigenvalue weighted by atomic mass is 16.5. The Morgan fingerprint density at radius 2 is 1.58 bits per heavy atom. The van der Waals surface area contributed by atoms with E-state index in [1.807, 2.05) is 36.4 Å². The Bertz CT molecular complexity index is 621. The van der Waals surface area contributed by atoms with E-state index in [-0.39, 0.29) is 0 Å². The Balaban J connectivity index is 1.41. The van der Waals surface area contributed by atoms with Gasteiger partial charge in [-0.25, -0.2) is 0 Å². The fraction of sp³-hybridized carbons (Fsp3) is 0.409. The van der Waals surface area contributed by atoms with Gasteiger partial charge in [-0.1, -0.05) is 48.5 Å². The van der Waals surface area contributed by atoms with Crippen LogP contribution in [0.5, 0.6) is 5.75 Å². The zero-order valence-corrected chi connectivity index (χ0v) is 14.2. The molecule has 2 unspecified atom stereocenters. The van der Waals surface area contributed by atoms with Gasteiger partial charge in [-0.2, -0.15) is 0 Å². The Labute approximate surface area is 144 Å². The van der Waals surface area contributed by atoms with Crippen molar-refractivity contribution in [2.24, 2.45) is 5.92 Å². The second-order valence-corrected chi connectivity index (χ2v) is 6.81. The molecule has 2 aromatic rings. The Kier molecular flexibility index (Phi) is 6.06.